The molecular formula is C26H23N3O6. The van der Waals surface area contributed by atoms with Crippen molar-refractivity contribution in [2.45, 2.75) is 31.0 Å². The Hall–Kier alpha value is -3.85. The standard InChI is InChI=1S/C26H23N3O6/c30-24(16-7-10-17(11-8-16)29(33)34)23-22-21(20-12-9-15-4-1-2-6-19(15)28(20)23)25(31)27(26(22)32)14-18-5-3-13-35-18/h1-2,4,6-12,18,20-23H,3,5,13-14H2/t18-,20+,21+,22+,23+/m0/s1. The molecule has 5 atom stereocenters. The first kappa shape index (κ1) is 21.7. The predicted octanol–water partition coefficient (Wildman–Crippen LogP) is 2.84. The number of rotatable bonds is 5. The average Bonchev–Trinajstić information content (AvgIpc) is 3.57. The van der Waals surface area contributed by atoms with Crippen LogP contribution in [-0.4, -0.2) is 58.8 Å². The van der Waals surface area contributed by atoms with E-state index in [4.69, 9.17) is 4.74 Å². The number of amides is 2. The smallest absolute Gasteiger partial charge is 0.269 e. The van der Waals surface area contributed by atoms with Crippen LogP contribution in [0.4, 0.5) is 11.4 Å². The number of nitro groups is 1. The van der Waals surface area contributed by atoms with Crippen molar-refractivity contribution in [1.29, 1.82) is 0 Å². The summed E-state index contributed by atoms with van der Waals surface area (Å²) in [6.07, 6.45) is 5.35. The summed E-state index contributed by atoms with van der Waals surface area (Å²) in [4.78, 5) is 54.9. The van der Waals surface area contributed by atoms with Crippen LogP contribution < -0.4 is 4.90 Å². The van der Waals surface area contributed by atoms with Crippen LogP contribution in [0.1, 0.15) is 28.8 Å². The normalized spacial score (nSPS) is 28.7. The first-order valence-electron chi connectivity index (χ1n) is 11.8. The Morgan fingerprint density at radius 2 is 1.80 bits per heavy atom. The Morgan fingerprint density at radius 1 is 1.06 bits per heavy atom. The van der Waals surface area contributed by atoms with E-state index in [1.165, 1.54) is 29.2 Å². The molecular weight excluding hydrogens is 450 g/mol. The van der Waals surface area contributed by atoms with E-state index in [1.54, 1.807) is 0 Å². The van der Waals surface area contributed by atoms with Gasteiger partial charge in [-0.1, -0.05) is 30.4 Å². The maximum absolute atomic E-state index is 13.9. The second kappa shape index (κ2) is 8.13. The lowest BCUT2D eigenvalue weighted by Gasteiger charge is -2.36. The zero-order valence-electron chi connectivity index (χ0n) is 18.8. The van der Waals surface area contributed by atoms with Gasteiger partial charge in [0.25, 0.3) is 5.69 Å². The molecule has 4 aliphatic rings. The highest BCUT2D eigenvalue weighted by molar-refractivity contribution is 6.14. The maximum atomic E-state index is 13.9. The summed E-state index contributed by atoms with van der Waals surface area (Å²) in [5.74, 6) is -2.47. The fourth-order valence-electron chi connectivity index (χ4n) is 5.97. The molecule has 9 heteroatoms. The largest absolute Gasteiger partial charge is 0.376 e. The lowest BCUT2D eigenvalue weighted by Crippen LogP contribution is -2.49. The molecule has 0 bridgehead atoms. The van der Waals surface area contributed by atoms with Gasteiger partial charge in [0.05, 0.1) is 35.4 Å². The molecule has 3 saturated heterocycles. The fourth-order valence-corrected chi connectivity index (χ4v) is 5.97. The van der Waals surface area contributed by atoms with Gasteiger partial charge < -0.3 is 9.64 Å². The topological polar surface area (TPSA) is 110 Å². The van der Waals surface area contributed by atoms with E-state index in [2.05, 4.69) is 0 Å². The molecule has 4 aliphatic heterocycles. The zero-order valence-corrected chi connectivity index (χ0v) is 18.8. The van der Waals surface area contributed by atoms with Gasteiger partial charge in [0, 0.05) is 30.0 Å². The number of ether oxygens (including phenoxy) is 1. The van der Waals surface area contributed by atoms with Crippen molar-refractivity contribution in [2.75, 3.05) is 18.1 Å². The number of Topliss-reactive ketones (excluding diaryl/α,β-unsaturated/α-hetero) is 1. The highest BCUT2D eigenvalue weighted by Gasteiger charge is 2.64. The molecule has 6 rings (SSSR count). The number of fused-ring (bicyclic) bond motifs is 5. The molecule has 2 aromatic rings. The van der Waals surface area contributed by atoms with Gasteiger partial charge in [-0.15, -0.1) is 0 Å². The predicted molar refractivity (Wildman–Crippen MR) is 126 cm³/mol. The second-order valence-corrected chi connectivity index (χ2v) is 9.40. The molecule has 0 spiro atoms. The van der Waals surface area contributed by atoms with Crippen LogP contribution in [0.5, 0.6) is 0 Å². The summed E-state index contributed by atoms with van der Waals surface area (Å²) in [5, 5.41) is 11.1. The number of anilines is 1. The lowest BCUT2D eigenvalue weighted by atomic mass is 9.86. The molecule has 0 unspecified atom stereocenters. The van der Waals surface area contributed by atoms with E-state index >= 15 is 0 Å². The van der Waals surface area contributed by atoms with Gasteiger partial charge in [-0.05, 0) is 36.6 Å². The molecule has 35 heavy (non-hydrogen) atoms. The highest BCUT2D eigenvalue weighted by atomic mass is 16.6. The summed E-state index contributed by atoms with van der Waals surface area (Å²) in [5.41, 5.74) is 1.84. The molecule has 0 aliphatic carbocycles. The van der Waals surface area contributed by atoms with Gasteiger partial charge in [-0.2, -0.15) is 0 Å². The van der Waals surface area contributed by atoms with E-state index in [-0.39, 0.29) is 41.5 Å². The van der Waals surface area contributed by atoms with Crippen LogP contribution in [0.25, 0.3) is 6.08 Å². The minimum atomic E-state index is -0.900. The molecule has 0 saturated carbocycles. The van der Waals surface area contributed by atoms with Crippen molar-refractivity contribution in [3.05, 3.63) is 75.8 Å². The molecule has 4 heterocycles. The van der Waals surface area contributed by atoms with Crippen molar-refractivity contribution < 1.29 is 24.0 Å². The van der Waals surface area contributed by atoms with Crippen molar-refractivity contribution >= 4 is 35.0 Å². The average molecular weight is 473 g/mol. The molecule has 0 aromatic heterocycles. The molecule has 3 fully saturated rings. The van der Waals surface area contributed by atoms with E-state index in [0.717, 1.165) is 24.1 Å². The van der Waals surface area contributed by atoms with Gasteiger partial charge >= 0.3 is 0 Å². The zero-order chi connectivity index (χ0) is 24.3. The van der Waals surface area contributed by atoms with Crippen LogP contribution in [0.3, 0.4) is 0 Å². The first-order chi connectivity index (χ1) is 17.0. The number of ketones is 1. The molecule has 2 amide bonds. The van der Waals surface area contributed by atoms with Gasteiger partial charge in [0.1, 0.15) is 6.04 Å². The van der Waals surface area contributed by atoms with Gasteiger partial charge in [0.15, 0.2) is 5.78 Å². The Morgan fingerprint density at radius 3 is 2.51 bits per heavy atom. The number of carbonyl (C=O) groups excluding carboxylic acids is 3. The molecule has 0 N–H and O–H groups in total. The fraction of sp³-hybridized carbons (Fsp3) is 0.346. The summed E-state index contributed by atoms with van der Waals surface area (Å²) >= 11 is 0. The number of likely N-dealkylation sites (tertiary alicyclic amines) is 1. The van der Waals surface area contributed by atoms with Gasteiger partial charge in [0.2, 0.25) is 11.8 Å². The number of benzene rings is 2. The van der Waals surface area contributed by atoms with Crippen LogP contribution >= 0.6 is 0 Å². The Balaban J connectivity index is 1.41. The number of imide groups is 1. The number of carbonyl (C=O) groups is 3. The van der Waals surface area contributed by atoms with Gasteiger partial charge in [-0.25, -0.2) is 0 Å². The third-order valence-electron chi connectivity index (χ3n) is 7.55. The third-order valence-corrected chi connectivity index (χ3v) is 7.55. The SMILES string of the molecule is O=C(c1ccc([N+](=O)[O-])cc1)[C@H]1[C@@H]2C(=O)N(C[C@@H]3CCCO3)C(=O)[C@@H]2[C@H]2C=Cc3ccccc3N21. The van der Waals surface area contributed by atoms with Crippen molar-refractivity contribution in [3.63, 3.8) is 0 Å². The van der Waals surface area contributed by atoms with E-state index in [0.29, 0.717) is 6.61 Å². The van der Waals surface area contributed by atoms with E-state index in [9.17, 15) is 24.5 Å². The van der Waals surface area contributed by atoms with Crippen molar-refractivity contribution in [2.24, 2.45) is 11.8 Å². The Bertz CT molecular complexity index is 1270. The van der Waals surface area contributed by atoms with Crippen LogP contribution in [0.2, 0.25) is 0 Å². The highest BCUT2D eigenvalue weighted by Crippen LogP contribution is 2.49. The molecule has 0 radical (unpaired) electrons. The number of para-hydroxylation sites is 1. The first-order valence-corrected chi connectivity index (χ1v) is 11.8. The number of nitro benzene ring substituents is 1. The van der Waals surface area contributed by atoms with E-state index < -0.39 is 28.8 Å². The molecule has 9 nitrogen and oxygen atoms in total. The number of nitrogens with zero attached hydrogens (tertiary/aromatic N) is 3. The minimum absolute atomic E-state index is 0.121. The number of hydrogen-bond acceptors (Lipinski definition) is 7. The summed E-state index contributed by atoms with van der Waals surface area (Å²) in [6.45, 7) is 0.820. The maximum Gasteiger partial charge on any atom is 0.269 e. The minimum Gasteiger partial charge on any atom is -0.376 e. The quantitative estimate of drug-likeness (QED) is 0.284. The number of non-ortho nitro benzene ring substituents is 1. The molecule has 178 valence electrons. The third kappa shape index (κ3) is 3.30. The Labute approximate surface area is 201 Å². The summed E-state index contributed by atoms with van der Waals surface area (Å²) in [6, 6.07) is 11.6. The monoisotopic (exact) mass is 473 g/mol. The number of hydrogen-bond donors (Lipinski definition) is 0. The van der Waals surface area contributed by atoms with Crippen LogP contribution in [0.15, 0.2) is 54.6 Å². The van der Waals surface area contributed by atoms with Crippen LogP contribution in [0, 0.1) is 22.0 Å². The van der Waals surface area contributed by atoms with Crippen molar-refractivity contribution in [1.82, 2.24) is 4.90 Å². The van der Waals surface area contributed by atoms with E-state index in [1.807, 2.05) is 41.3 Å². The van der Waals surface area contributed by atoms with Crippen LogP contribution in [-0.2, 0) is 14.3 Å². The second-order valence-electron chi connectivity index (χ2n) is 9.40. The summed E-state index contributed by atoms with van der Waals surface area (Å²) < 4.78 is 5.67. The lowest BCUT2D eigenvalue weighted by molar-refractivity contribution is -0.384. The van der Waals surface area contributed by atoms with Crippen molar-refractivity contribution in [3.8, 4) is 0 Å². The Kier molecular flexibility index (Phi) is 5.03. The summed E-state index contributed by atoms with van der Waals surface area (Å²) in [7, 11) is 0. The molecule has 2 aromatic carbocycles. The van der Waals surface area contributed by atoms with Gasteiger partial charge in [-0.3, -0.25) is 29.4 Å².